The number of esters is 1. The fourth-order valence-electron chi connectivity index (χ4n) is 4.81. The number of halogens is 1. The number of benzene rings is 3. The highest BCUT2D eigenvalue weighted by Crippen LogP contribution is 2.41. The van der Waals surface area contributed by atoms with Crippen LogP contribution >= 0.6 is 23.1 Å². The third-order valence-electron chi connectivity index (χ3n) is 6.84. The quantitative estimate of drug-likeness (QED) is 0.125. The number of rotatable bonds is 8. The normalized spacial score (nSPS) is 13.4. The van der Waals surface area contributed by atoms with Crippen LogP contribution in [0.15, 0.2) is 83.8 Å². The van der Waals surface area contributed by atoms with Crippen LogP contribution in [0.3, 0.4) is 0 Å². The average Bonchev–Trinajstić information content (AvgIpc) is 3.15. The molecule has 2 N–H and O–H groups in total. The Morgan fingerprint density at radius 2 is 1.66 bits per heavy atom. The van der Waals surface area contributed by atoms with E-state index in [0.717, 1.165) is 53.0 Å². The first kappa shape index (κ1) is 28.6. The summed E-state index contributed by atoms with van der Waals surface area (Å²) in [7, 11) is 1.36. The summed E-state index contributed by atoms with van der Waals surface area (Å²) in [4.78, 5) is 41.2. The highest BCUT2D eigenvalue weighted by molar-refractivity contribution is 8.00. The second-order valence-corrected chi connectivity index (χ2v) is 11.9. The van der Waals surface area contributed by atoms with E-state index in [9.17, 15) is 18.8 Å². The zero-order chi connectivity index (χ0) is 28.8. The maximum absolute atomic E-state index is 13.9. The van der Waals surface area contributed by atoms with E-state index < -0.39 is 17.0 Å². The van der Waals surface area contributed by atoms with Gasteiger partial charge in [-0.05, 0) is 79.3 Å². The van der Waals surface area contributed by atoms with Crippen molar-refractivity contribution >= 4 is 51.6 Å². The molecule has 3 aromatic carbocycles. The number of thiophene rings is 1. The first-order valence-electron chi connectivity index (χ1n) is 13.3. The molecule has 1 aliphatic carbocycles. The SMILES string of the molecule is COC(=O)c1c(NC(=O)C(Sc2cccc(NC(=O)c3ccc(F)cc3)c2)c2ccccc2)sc2c1CCCCC2. The number of hydrogen-bond donors (Lipinski definition) is 2. The molecule has 0 saturated carbocycles. The van der Waals surface area contributed by atoms with E-state index in [1.807, 2.05) is 36.4 Å². The van der Waals surface area contributed by atoms with E-state index in [2.05, 4.69) is 10.6 Å². The average molecular weight is 589 g/mol. The van der Waals surface area contributed by atoms with Gasteiger partial charge in [-0.3, -0.25) is 9.59 Å². The number of carbonyl (C=O) groups excluding carboxylic acids is 3. The van der Waals surface area contributed by atoms with Gasteiger partial charge in [-0.25, -0.2) is 9.18 Å². The van der Waals surface area contributed by atoms with Gasteiger partial charge < -0.3 is 15.4 Å². The van der Waals surface area contributed by atoms with E-state index in [4.69, 9.17) is 4.74 Å². The molecule has 0 radical (unpaired) electrons. The zero-order valence-electron chi connectivity index (χ0n) is 22.4. The van der Waals surface area contributed by atoms with Crippen molar-refractivity contribution in [2.75, 3.05) is 17.7 Å². The Morgan fingerprint density at radius 1 is 0.902 bits per heavy atom. The van der Waals surface area contributed by atoms with Gasteiger partial charge in [-0.2, -0.15) is 0 Å². The maximum Gasteiger partial charge on any atom is 0.341 e. The fraction of sp³-hybridized carbons (Fsp3) is 0.219. The lowest BCUT2D eigenvalue weighted by Gasteiger charge is -2.18. The lowest BCUT2D eigenvalue weighted by atomic mass is 10.1. The lowest BCUT2D eigenvalue weighted by Crippen LogP contribution is -2.20. The molecule has 41 heavy (non-hydrogen) atoms. The van der Waals surface area contributed by atoms with Gasteiger partial charge in [0.05, 0.1) is 12.7 Å². The molecule has 6 nitrogen and oxygen atoms in total. The Labute approximate surface area is 246 Å². The van der Waals surface area contributed by atoms with Crippen molar-refractivity contribution in [3.8, 4) is 0 Å². The smallest absolute Gasteiger partial charge is 0.341 e. The molecule has 1 aliphatic rings. The van der Waals surface area contributed by atoms with E-state index in [-0.39, 0.29) is 11.8 Å². The van der Waals surface area contributed by atoms with Crippen molar-refractivity contribution in [3.63, 3.8) is 0 Å². The van der Waals surface area contributed by atoms with Crippen LogP contribution in [-0.2, 0) is 22.4 Å². The molecule has 210 valence electrons. The minimum Gasteiger partial charge on any atom is -0.465 e. The van der Waals surface area contributed by atoms with Gasteiger partial charge in [-0.15, -0.1) is 23.1 Å². The van der Waals surface area contributed by atoms with E-state index in [0.29, 0.717) is 21.8 Å². The zero-order valence-corrected chi connectivity index (χ0v) is 24.1. The highest BCUT2D eigenvalue weighted by atomic mass is 32.2. The highest BCUT2D eigenvalue weighted by Gasteiger charge is 2.29. The Hall–Kier alpha value is -3.95. The van der Waals surface area contributed by atoms with Crippen molar-refractivity contribution in [1.29, 1.82) is 0 Å². The monoisotopic (exact) mass is 588 g/mol. The number of ether oxygens (including phenoxy) is 1. The van der Waals surface area contributed by atoms with Crippen molar-refractivity contribution in [2.45, 2.75) is 42.2 Å². The molecule has 1 atom stereocenters. The minimum absolute atomic E-state index is 0.261. The number of aryl methyl sites for hydroxylation is 1. The van der Waals surface area contributed by atoms with Gasteiger partial charge in [0, 0.05) is 21.0 Å². The summed E-state index contributed by atoms with van der Waals surface area (Å²) < 4.78 is 18.4. The number of methoxy groups -OCH3 is 1. The molecule has 1 heterocycles. The molecule has 0 fully saturated rings. The second kappa shape index (κ2) is 13.1. The van der Waals surface area contributed by atoms with Crippen LogP contribution in [0.5, 0.6) is 0 Å². The Kier molecular flexibility index (Phi) is 9.16. The number of thioether (sulfide) groups is 1. The Bertz CT molecular complexity index is 1550. The molecular formula is C32H29FN2O4S2. The van der Waals surface area contributed by atoms with Gasteiger partial charge in [0.2, 0.25) is 5.91 Å². The molecule has 9 heteroatoms. The third-order valence-corrected chi connectivity index (χ3v) is 9.30. The Balaban J connectivity index is 1.40. The minimum atomic E-state index is -0.633. The summed E-state index contributed by atoms with van der Waals surface area (Å²) in [6.45, 7) is 0. The van der Waals surface area contributed by atoms with Crippen LogP contribution in [0.25, 0.3) is 0 Å². The second-order valence-electron chi connectivity index (χ2n) is 9.65. The number of hydrogen-bond acceptors (Lipinski definition) is 6. The summed E-state index contributed by atoms with van der Waals surface area (Å²) in [5.41, 5.74) is 3.13. The molecule has 2 amide bonds. The van der Waals surface area contributed by atoms with Gasteiger partial charge in [0.25, 0.3) is 5.91 Å². The molecule has 0 spiro atoms. The first-order chi connectivity index (χ1) is 19.9. The molecule has 1 unspecified atom stereocenters. The molecule has 0 bridgehead atoms. The number of amides is 2. The molecule has 1 aromatic heterocycles. The summed E-state index contributed by atoms with van der Waals surface area (Å²) in [6, 6.07) is 22.0. The van der Waals surface area contributed by atoms with Crippen LogP contribution in [0.1, 0.15) is 61.2 Å². The van der Waals surface area contributed by atoms with E-state index in [1.54, 1.807) is 18.2 Å². The van der Waals surface area contributed by atoms with Crippen LogP contribution in [0.4, 0.5) is 15.1 Å². The number of nitrogens with one attached hydrogen (secondary N) is 2. The summed E-state index contributed by atoms with van der Waals surface area (Å²) in [5.74, 6) is -1.48. The predicted molar refractivity (Wildman–Crippen MR) is 161 cm³/mol. The third kappa shape index (κ3) is 6.86. The summed E-state index contributed by atoms with van der Waals surface area (Å²) in [5, 5.41) is 5.78. The van der Waals surface area contributed by atoms with Crippen LogP contribution in [0, 0.1) is 5.82 Å². The standard InChI is InChI=1S/C32H29FN2O4S2/c1-39-32(38)27-25-13-6-3-7-14-26(25)41-31(27)35-30(37)28(20-9-4-2-5-10-20)40-24-12-8-11-23(19-24)34-29(36)21-15-17-22(33)18-16-21/h2,4-5,8-12,15-19,28H,3,6-7,13-14H2,1H3,(H,34,36)(H,35,37). The Morgan fingerprint density at radius 3 is 2.41 bits per heavy atom. The number of carbonyl (C=O) groups is 3. The van der Waals surface area contributed by atoms with E-state index in [1.165, 1.54) is 54.5 Å². The fourth-order valence-corrected chi connectivity index (χ4v) is 7.18. The molecule has 0 aliphatic heterocycles. The predicted octanol–water partition coefficient (Wildman–Crippen LogP) is 7.67. The first-order valence-corrected chi connectivity index (χ1v) is 15.0. The largest absolute Gasteiger partial charge is 0.465 e. The summed E-state index contributed by atoms with van der Waals surface area (Å²) >= 11 is 2.80. The van der Waals surface area contributed by atoms with Crippen molar-refractivity contribution in [2.24, 2.45) is 0 Å². The van der Waals surface area contributed by atoms with Crippen molar-refractivity contribution in [1.82, 2.24) is 0 Å². The number of fused-ring (bicyclic) bond motifs is 1. The van der Waals surface area contributed by atoms with Gasteiger partial charge in [-0.1, -0.05) is 42.8 Å². The summed E-state index contributed by atoms with van der Waals surface area (Å²) in [6.07, 6.45) is 4.84. The molecular weight excluding hydrogens is 559 g/mol. The van der Waals surface area contributed by atoms with Crippen molar-refractivity contribution < 1.29 is 23.5 Å². The molecule has 4 aromatic rings. The van der Waals surface area contributed by atoms with Gasteiger partial charge in [0.1, 0.15) is 16.1 Å². The number of anilines is 2. The van der Waals surface area contributed by atoms with E-state index >= 15 is 0 Å². The topological polar surface area (TPSA) is 84.5 Å². The molecule has 5 rings (SSSR count). The maximum atomic E-state index is 13.9. The van der Waals surface area contributed by atoms with Gasteiger partial charge in [0.15, 0.2) is 0 Å². The van der Waals surface area contributed by atoms with Crippen LogP contribution in [0.2, 0.25) is 0 Å². The molecule has 0 saturated heterocycles. The lowest BCUT2D eigenvalue weighted by molar-refractivity contribution is -0.115. The van der Waals surface area contributed by atoms with Crippen LogP contribution in [-0.4, -0.2) is 24.9 Å². The van der Waals surface area contributed by atoms with Crippen LogP contribution < -0.4 is 10.6 Å². The van der Waals surface area contributed by atoms with Gasteiger partial charge >= 0.3 is 5.97 Å². The van der Waals surface area contributed by atoms with Crippen molar-refractivity contribution in [3.05, 3.63) is 112 Å².